The van der Waals surface area contributed by atoms with Crippen LogP contribution in [0.2, 0.25) is 0 Å². The average Bonchev–Trinajstić information content (AvgIpc) is 2.86. The van der Waals surface area contributed by atoms with E-state index >= 15 is 0 Å². The zero-order valence-electron chi connectivity index (χ0n) is 11.1. The number of hydrogen-bond donors (Lipinski definition) is 1. The molecule has 0 aliphatic heterocycles. The first-order valence-electron chi connectivity index (χ1n) is 6.52. The van der Waals surface area contributed by atoms with Crippen LogP contribution in [0.1, 0.15) is 30.5 Å². The summed E-state index contributed by atoms with van der Waals surface area (Å²) >= 11 is 8.52. The molecule has 1 N–H and O–H groups in total. The lowest BCUT2D eigenvalue weighted by Gasteiger charge is -2.18. The Morgan fingerprint density at radius 3 is 2.80 bits per heavy atom. The molecule has 0 fully saturated rings. The summed E-state index contributed by atoms with van der Waals surface area (Å²) in [6, 6.07) is 7.54. The van der Waals surface area contributed by atoms with Gasteiger partial charge in [0.2, 0.25) is 0 Å². The standard InChI is InChI=1S/C15H16Br2FNS/c1-2-6-19-13(11-8-14(16)20-9-11)7-10-4-3-5-12(18)15(10)17/h3-5,8-9,13,19H,2,6-7H2,1H3. The van der Waals surface area contributed by atoms with E-state index in [2.05, 4.69) is 55.5 Å². The van der Waals surface area contributed by atoms with Gasteiger partial charge >= 0.3 is 0 Å². The summed E-state index contributed by atoms with van der Waals surface area (Å²) in [7, 11) is 0. The lowest BCUT2D eigenvalue weighted by atomic mass is 10.0. The Hall–Kier alpha value is -0.230. The summed E-state index contributed by atoms with van der Waals surface area (Å²) in [6.45, 7) is 3.09. The van der Waals surface area contributed by atoms with Crippen molar-refractivity contribution in [3.05, 3.63) is 54.8 Å². The minimum Gasteiger partial charge on any atom is -0.310 e. The van der Waals surface area contributed by atoms with Crippen LogP contribution < -0.4 is 5.32 Å². The van der Waals surface area contributed by atoms with Crippen molar-refractivity contribution in [2.45, 2.75) is 25.8 Å². The fraction of sp³-hybridized carbons (Fsp3) is 0.333. The predicted molar refractivity (Wildman–Crippen MR) is 90.9 cm³/mol. The molecule has 0 saturated heterocycles. The van der Waals surface area contributed by atoms with Crippen LogP contribution in [0.3, 0.4) is 0 Å². The molecule has 0 spiro atoms. The third-order valence-electron chi connectivity index (χ3n) is 3.09. The number of rotatable bonds is 6. The zero-order valence-corrected chi connectivity index (χ0v) is 15.1. The van der Waals surface area contributed by atoms with Gasteiger partial charge in [-0.25, -0.2) is 4.39 Å². The van der Waals surface area contributed by atoms with Crippen LogP contribution in [-0.4, -0.2) is 6.54 Å². The van der Waals surface area contributed by atoms with Gasteiger partial charge in [-0.3, -0.25) is 0 Å². The van der Waals surface area contributed by atoms with Crippen LogP contribution in [0.25, 0.3) is 0 Å². The van der Waals surface area contributed by atoms with Crippen molar-refractivity contribution >= 4 is 43.2 Å². The maximum absolute atomic E-state index is 13.6. The Morgan fingerprint density at radius 2 is 2.15 bits per heavy atom. The van der Waals surface area contributed by atoms with Gasteiger partial charge in [-0.1, -0.05) is 19.1 Å². The molecule has 1 aromatic carbocycles. The first-order valence-corrected chi connectivity index (χ1v) is 8.98. The second kappa shape index (κ2) is 7.69. The highest BCUT2D eigenvalue weighted by atomic mass is 79.9. The van der Waals surface area contributed by atoms with Gasteiger partial charge in [0.15, 0.2) is 0 Å². The number of nitrogens with one attached hydrogen (secondary N) is 1. The second-order valence-electron chi connectivity index (χ2n) is 4.61. The van der Waals surface area contributed by atoms with E-state index in [1.807, 2.05) is 6.07 Å². The van der Waals surface area contributed by atoms with Crippen LogP contribution in [0.4, 0.5) is 4.39 Å². The highest BCUT2D eigenvalue weighted by Crippen LogP contribution is 2.30. The SMILES string of the molecule is CCCNC(Cc1cccc(F)c1Br)c1csc(Br)c1. The van der Waals surface area contributed by atoms with Crippen LogP contribution >= 0.6 is 43.2 Å². The van der Waals surface area contributed by atoms with E-state index in [-0.39, 0.29) is 11.9 Å². The van der Waals surface area contributed by atoms with Crippen LogP contribution in [-0.2, 0) is 6.42 Å². The van der Waals surface area contributed by atoms with Gasteiger partial charge in [0.1, 0.15) is 5.82 Å². The Balaban J connectivity index is 2.21. The topological polar surface area (TPSA) is 12.0 Å². The van der Waals surface area contributed by atoms with Gasteiger partial charge in [-0.05, 0) is 79.9 Å². The minimum atomic E-state index is -0.205. The Morgan fingerprint density at radius 1 is 1.35 bits per heavy atom. The smallest absolute Gasteiger partial charge is 0.137 e. The monoisotopic (exact) mass is 419 g/mol. The van der Waals surface area contributed by atoms with Gasteiger partial charge in [-0.15, -0.1) is 11.3 Å². The van der Waals surface area contributed by atoms with Crippen molar-refractivity contribution in [3.8, 4) is 0 Å². The van der Waals surface area contributed by atoms with Crippen molar-refractivity contribution < 1.29 is 4.39 Å². The van der Waals surface area contributed by atoms with Gasteiger partial charge in [0.25, 0.3) is 0 Å². The van der Waals surface area contributed by atoms with Crippen LogP contribution in [0, 0.1) is 5.82 Å². The summed E-state index contributed by atoms with van der Waals surface area (Å²) in [5.74, 6) is -0.205. The molecule has 0 amide bonds. The molecule has 5 heteroatoms. The molecule has 2 rings (SSSR count). The molecule has 1 atom stereocenters. The van der Waals surface area contributed by atoms with Crippen molar-refractivity contribution in [2.24, 2.45) is 0 Å². The van der Waals surface area contributed by atoms with E-state index in [1.165, 1.54) is 11.6 Å². The average molecular weight is 421 g/mol. The van der Waals surface area contributed by atoms with Gasteiger partial charge in [0, 0.05) is 6.04 Å². The lowest BCUT2D eigenvalue weighted by molar-refractivity contribution is 0.527. The minimum absolute atomic E-state index is 0.204. The van der Waals surface area contributed by atoms with Gasteiger partial charge in [-0.2, -0.15) is 0 Å². The highest BCUT2D eigenvalue weighted by Gasteiger charge is 2.16. The van der Waals surface area contributed by atoms with E-state index in [0.717, 1.165) is 28.7 Å². The molecule has 108 valence electrons. The third kappa shape index (κ3) is 4.13. The summed E-state index contributed by atoms with van der Waals surface area (Å²) < 4.78 is 15.3. The summed E-state index contributed by atoms with van der Waals surface area (Å²) in [6.07, 6.45) is 1.84. The van der Waals surface area contributed by atoms with E-state index in [4.69, 9.17) is 0 Å². The van der Waals surface area contributed by atoms with Crippen molar-refractivity contribution in [2.75, 3.05) is 6.54 Å². The zero-order chi connectivity index (χ0) is 14.5. The molecule has 1 nitrogen and oxygen atoms in total. The predicted octanol–water partition coefficient (Wildman–Crippen LogP) is 5.70. The van der Waals surface area contributed by atoms with Crippen LogP contribution in [0.5, 0.6) is 0 Å². The van der Waals surface area contributed by atoms with Gasteiger partial charge in [0.05, 0.1) is 8.26 Å². The fourth-order valence-corrected chi connectivity index (χ4v) is 3.71. The molecule has 2 aromatic rings. The van der Waals surface area contributed by atoms with E-state index < -0.39 is 0 Å². The molecule has 0 aliphatic carbocycles. The van der Waals surface area contributed by atoms with Gasteiger partial charge < -0.3 is 5.32 Å². The fourth-order valence-electron chi connectivity index (χ4n) is 2.06. The maximum atomic E-state index is 13.6. The molecule has 1 unspecified atom stereocenters. The number of hydrogen-bond acceptors (Lipinski definition) is 2. The largest absolute Gasteiger partial charge is 0.310 e. The van der Waals surface area contributed by atoms with Crippen molar-refractivity contribution in [3.63, 3.8) is 0 Å². The van der Waals surface area contributed by atoms with Crippen molar-refractivity contribution in [1.82, 2.24) is 5.32 Å². The summed E-state index contributed by atoms with van der Waals surface area (Å²) in [5, 5.41) is 5.68. The molecule has 20 heavy (non-hydrogen) atoms. The first kappa shape index (κ1) is 16.1. The lowest BCUT2D eigenvalue weighted by Crippen LogP contribution is -2.23. The molecular weight excluding hydrogens is 405 g/mol. The first-order chi connectivity index (χ1) is 9.61. The van der Waals surface area contributed by atoms with E-state index in [9.17, 15) is 4.39 Å². The van der Waals surface area contributed by atoms with Crippen LogP contribution in [0.15, 0.2) is 37.9 Å². The summed E-state index contributed by atoms with van der Waals surface area (Å²) in [5.41, 5.74) is 2.23. The Kier molecular flexibility index (Phi) is 6.20. The molecule has 0 aliphatic rings. The highest BCUT2D eigenvalue weighted by molar-refractivity contribution is 9.11. The Bertz CT molecular complexity index is 571. The Labute approximate surface area is 139 Å². The molecular formula is C15H16Br2FNS. The normalized spacial score (nSPS) is 12.6. The third-order valence-corrected chi connectivity index (χ3v) is 5.50. The number of thiophene rings is 1. The van der Waals surface area contributed by atoms with E-state index in [0.29, 0.717) is 4.47 Å². The van der Waals surface area contributed by atoms with E-state index in [1.54, 1.807) is 17.4 Å². The molecule has 1 aromatic heterocycles. The number of benzene rings is 1. The maximum Gasteiger partial charge on any atom is 0.137 e. The molecule has 0 radical (unpaired) electrons. The number of halogens is 3. The summed E-state index contributed by atoms with van der Waals surface area (Å²) in [4.78, 5) is 0. The quantitative estimate of drug-likeness (QED) is 0.632. The molecule has 0 saturated carbocycles. The second-order valence-corrected chi connectivity index (χ2v) is 7.69. The van der Waals surface area contributed by atoms with Crippen molar-refractivity contribution in [1.29, 1.82) is 0 Å². The molecule has 0 bridgehead atoms. The molecule has 1 heterocycles.